The van der Waals surface area contributed by atoms with E-state index in [1.807, 2.05) is 23.1 Å². The molecule has 4 rings (SSSR count). The van der Waals surface area contributed by atoms with Gasteiger partial charge < -0.3 is 20.4 Å². The van der Waals surface area contributed by atoms with Gasteiger partial charge in [0.15, 0.2) is 0 Å². The van der Waals surface area contributed by atoms with Crippen LogP contribution in [0.2, 0.25) is 0 Å². The highest BCUT2D eigenvalue weighted by atomic mass is 19.4. The van der Waals surface area contributed by atoms with Crippen molar-refractivity contribution in [1.29, 1.82) is 0 Å². The van der Waals surface area contributed by atoms with Gasteiger partial charge in [0.2, 0.25) is 0 Å². The maximum Gasteiger partial charge on any atom is 0.418 e. The summed E-state index contributed by atoms with van der Waals surface area (Å²) in [6, 6.07) is 11.6. The Kier molecular flexibility index (Phi) is 6.06. The Hall–Kier alpha value is -3.89. The first-order chi connectivity index (χ1) is 15.4. The maximum absolute atomic E-state index is 13.2. The van der Waals surface area contributed by atoms with Crippen LogP contribution in [0.3, 0.4) is 0 Å². The highest BCUT2D eigenvalue weighted by molar-refractivity contribution is 5.90. The quantitative estimate of drug-likeness (QED) is 0.634. The number of para-hydroxylation sites is 1. The van der Waals surface area contributed by atoms with Gasteiger partial charge in [0.1, 0.15) is 23.8 Å². The van der Waals surface area contributed by atoms with Crippen LogP contribution < -0.4 is 15.5 Å². The average molecular weight is 443 g/mol. The molecule has 1 aliphatic heterocycles. The number of rotatable bonds is 4. The number of carbonyl (C=O) groups excluding carboxylic acids is 1. The van der Waals surface area contributed by atoms with Crippen molar-refractivity contribution in [2.75, 3.05) is 41.7 Å². The van der Waals surface area contributed by atoms with Crippen LogP contribution in [-0.2, 0) is 6.18 Å². The Morgan fingerprint density at radius 3 is 2.38 bits per heavy atom. The Morgan fingerprint density at radius 2 is 1.66 bits per heavy atom. The van der Waals surface area contributed by atoms with Crippen LogP contribution in [0.25, 0.3) is 0 Å². The van der Waals surface area contributed by atoms with Gasteiger partial charge in [0, 0.05) is 38.4 Å². The molecule has 3 aromatic rings. The fourth-order valence-corrected chi connectivity index (χ4v) is 3.33. The molecule has 2 amide bonds. The van der Waals surface area contributed by atoms with Crippen molar-refractivity contribution in [2.24, 2.45) is 0 Å². The maximum atomic E-state index is 13.2. The molecule has 8 nitrogen and oxygen atoms in total. The fourth-order valence-electron chi connectivity index (χ4n) is 3.33. The van der Waals surface area contributed by atoms with Gasteiger partial charge in [0.25, 0.3) is 0 Å². The Bertz CT molecular complexity index is 1070. The summed E-state index contributed by atoms with van der Waals surface area (Å²) < 4.78 is 39.5. The van der Waals surface area contributed by atoms with Gasteiger partial charge in [0.05, 0.1) is 11.3 Å². The van der Waals surface area contributed by atoms with E-state index in [0.717, 1.165) is 6.07 Å². The molecule has 0 aliphatic carbocycles. The van der Waals surface area contributed by atoms with E-state index in [2.05, 4.69) is 25.6 Å². The second-order valence-electron chi connectivity index (χ2n) is 7.05. The van der Waals surface area contributed by atoms with Gasteiger partial charge in [-0.1, -0.05) is 18.2 Å². The summed E-state index contributed by atoms with van der Waals surface area (Å²) in [5.74, 6) is 1.91. The van der Waals surface area contributed by atoms with Crippen molar-refractivity contribution < 1.29 is 18.0 Å². The number of nitrogens with one attached hydrogen (secondary N) is 2. The highest BCUT2D eigenvalue weighted by Gasteiger charge is 2.34. The predicted octanol–water partition coefficient (Wildman–Crippen LogP) is 3.99. The van der Waals surface area contributed by atoms with Crippen LogP contribution >= 0.6 is 0 Å². The SMILES string of the molecule is O=C(Nc1ccccc1C(F)(F)F)N1CCN(c2cc(Nc3ccccn3)ncn2)CC1. The third kappa shape index (κ3) is 5.05. The molecule has 3 heterocycles. The van der Waals surface area contributed by atoms with Gasteiger partial charge in [-0.15, -0.1) is 0 Å². The number of aromatic nitrogens is 3. The molecule has 0 unspecified atom stereocenters. The van der Waals surface area contributed by atoms with Crippen molar-refractivity contribution in [2.45, 2.75) is 6.18 Å². The number of hydrogen-bond acceptors (Lipinski definition) is 6. The third-order valence-electron chi connectivity index (χ3n) is 4.94. The normalized spacial score (nSPS) is 14.2. The summed E-state index contributed by atoms with van der Waals surface area (Å²) >= 11 is 0. The number of urea groups is 1. The van der Waals surface area contributed by atoms with E-state index < -0.39 is 17.8 Å². The molecule has 0 saturated carbocycles. The number of pyridine rings is 1. The summed E-state index contributed by atoms with van der Waals surface area (Å²) in [5.41, 5.74) is -1.13. The molecule has 1 aliphatic rings. The lowest BCUT2D eigenvalue weighted by Crippen LogP contribution is -2.50. The number of nitrogens with zero attached hydrogens (tertiary/aromatic N) is 5. The average Bonchev–Trinajstić information content (AvgIpc) is 2.80. The fraction of sp³-hybridized carbons (Fsp3) is 0.238. The van der Waals surface area contributed by atoms with E-state index in [9.17, 15) is 18.0 Å². The highest BCUT2D eigenvalue weighted by Crippen LogP contribution is 2.34. The number of benzene rings is 1. The molecule has 1 fully saturated rings. The van der Waals surface area contributed by atoms with E-state index in [4.69, 9.17) is 0 Å². The zero-order valence-corrected chi connectivity index (χ0v) is 16.9. The van der Waals surface area contributed by atoms with E-state index in [1.165, 1.54) is 29.4 Å². The molecule has 0 spiro atoms. The Morgan fingerprint density at radius 1 is 0.906 bits per heavy atom. The predicted molar refractivity (Wildman–Crippen MR) is 114 cm³/mol. The Balaban J connectivity index is 1.37. The number of anilines is 4. The zero-order valence-electron chi connectivity index (χ0n) is 16.9. The molecule has 1 aromatic carbocycles. The summed E-state index contributed by atoms with van der Waals surface area (Å²) in [4.78, 5) is 28.7. The van der Waals surface area contributed by atoms with Crippen LogP contribution in [0, 0.1) is 0 Å². The topological polar surface area (TPSA) is 86.3 Å². The largest absolute Gasteiger partial charge is 0.418 e. The van der Waals surface area contributed by atoms with E-state index in [-0.39, 0.29) is 5.69 Å². The van der Waals surface area contributed by atoms with Crippen LogP contribution in [0.1, 0.15) is 5.56 Å². The van der Waals surface area contributed by atoms with Gasteiger partial charge in [-0.25, -0.2) is 19.7 Å². The molecule has 0 atom stereocenters. The van der Waals surface area contributed by atoms with Gasteiger partial charge >= 0.3 is 12.2 Å². The molecule has 0 bridgehead atoms. The molecule has 166 valence electrons. The second-order valence-corrected chi connectivity index (χ2v) is 7.05. The number of carbonyl (C=O) groups is 1. The minimum Gasteiger partial charge on any atom is -0.353 e. The first kappa shape index (κ1) is 21.3. The summed E-state index contributed by atoms with van der Waals surface area (Å²) in [6.45, 7) is 1.64. The number of amides is 2. The lowest BCUT2D eigenvalue weighted by molar-refractivity contribution is -0.136. The lowest BCUT2D eigenvalue weighted by Gasteiger charge is -2.35. The van der Waals surface area contributed by atoms with Gasteiger partial charge in [-0.3, -0.25) is 0 Å². The molecule has 2 aromatic heterocycles. The summed E-state index contributed by atoms with van der Waals surface area (Å²) in [7, 11) is 0. The second kappa shape index (κ2) is 9.08. The number of alkyl halides is 3. The van der Waals surface area contributed by atoms with Crippen molar-refractivity contribution in [3.63, 3.8) is 0 Å². The van der Waals surface area contributed by atoms with Crippen molar-refractivity contribution in [3.8, 4) is 0 Å². The number of halogens is 3. The zero-order chi connectivity index (χ0) is 22.6. The van der Waals surface area contributed by atoms with Crippen LogP contribution in [0.5, 0.6) is 0 Å². The van der Waals surface area contributed by atoms with Crippen LogP contribution in [0.15, 0.2) is 61.1 Å². The first-order valence-corrected chi connectivity index (χ1v) is 9.87. The number of hydrogen-bond donors (Lipinski definition) is 2. The molecular weight excluding hydrogens is 423 g/mol. The van der Waals surface area contributed by atoms with E-state index >= 15 is 0 Å². The monoisotopic (exact) mass is 443 g/mol. The van der Waals surface area contributed by atoms with Crippen LogP contribution in [0.4, 0.5) is 41.1 Å². The smallest absolute Gasteiger partial charge is 0.353 e. The molecule has 0 radical (unpaired) electrons. The molecule has 1 saturated heterocycles. The molecule has 32 heavy (non-hydrogen) atoms. The minimum atomic E-state index is -4.55. The summed E-state index contributed by atoms with van der Waals surface area (Å²) in [5, 5.41) is 5.48. The lowest BCUT2D eigenvalue weighted by atomic mass is 10.1. The van der Waals surface area contributed by atoms with Crippen molar-refractivity contribution in [1.82, 2.24) is 19.9 Å². The van der Waals surface area contributed by atoms with Crippen molar-refractivity contribution in [3.05, 3.63) is 66.6 Å². The summed E-state index contributed by atoms with van der Waals surface area (Å²) in [6.07, 6.45) is -1.44. The van der Waals surface area contributed by atoms with Gasteiger partial charge in [-0.05, 0) is 24.3 Å². The third-order valence-corrected chi connectivity index (χ3v) is 4.94. The Labute approximate surface area is 182 Å². The molecule has 11 heteroatoms. The minimum absolute atomic E-state index is 0.256. The van der Waals surface area contributed by atoms with Gasteiger partial charge in [-0.2, -0.15) is 13.2 Å². The first-order valence-electron chi connectivity index (χ1n) is 9.87. The number of piperazine rings is 1. The molecule has 2 N–H and O–H groups in total. The van der Waals surface area contributed by atoms with Crippen LogP contribution in [-0.4, -0.2) is 52.1 Å². The van der Waals surface area contributed by atoms with E-state index in [1.54, 1.807) is 12.3 Å². The van der Waals surface area contributed by atoms with Crippen molar-refractivity contribution >= 4 is 29.2 Å². The molecular formula is C21H20F3N7O. The van der Waals surface area contributed by atoms with E-state index in [0.29, 0.717) is 43.6 Å². The standard InChI is InChI=1S/C21H20F3N7O/c22-21(23,24)15-5-1-2-6-16(15)28-20(32)31-11-9-30(10-12-31)19-13-18(26-14-27-19)29-17-7-3-4-8-25-17/h1-8,13-14H,9-12H2,(H,28,32)(H,25,26,27,29).